The molecule has 0 unspecified atom stereocenters. The summed E-state index contributed by atoms with van der Waals surface area (Å²) in [7, 11) is -1.71. The smallest absolute Gasteiger partial charge is 0.255 e. The average molecular weight is 497 g/mol. The van der Waals surface area contributed by atoms with Crippen LogP contribution in [-0.4, -0.2) is 40.0 Å². The van der Waals surface area contributed by atoms with Gasteiger partial charge in [0.1, 0.15) is 12.4 Å². The second-order valence-corrected chi connectivity index (χ2v) is 11.0. The summed E-state index contributed by atoms with van der Waals surface area (Å²) in [5.41, 5.74) is 4.13. The molecule has 3 aromatic rings. The van der Waals surface area contributed by atoms with Gasteiger partial charge < -0.3 is 14.5 Å². The number of ether oxygens (including phenoxy) is 2. The van der Waals surface area contributed by atoms with Crippen molar-refractivity contribution in [3.05, 3.63) is 81.8 Å². The van der Waals surface area contributed by atoms with Crippen molar-refractivity contribution < 1.29 is 17.9 Å². The average Bonchev–Trinajstić information content (AvgIpc) is 2.78. The molecule has 0 saturated heterocycles. The second-order valence-electron chi connectivity index (χ2n) is 9.28. The first kappa shape index (κ1) is 26.2. The van der Waals surface area contributed by atoms with Crippen molar-refractivity contribution in [2.75, 3.05) is 31.3 Å². The minimum absolute atomic E-state index is 0.163. The van der Waals surface area contributed by atoms with Gasteiger partial charge >= 0.3 is 0 Å². The van der Waals surface area contributed by atoms with Gasteiger partial charge in [0.05, 0.1) is 12.9 Å². The van der Waals surface area contributed by atoms with Gasteiger partial charge in [-0.3, -0.25) is 9.52 Å². The Labute approximate surface area is 206 Å². The minimum Gasteiger partial charge on any atom is -0.490 e. The third-order valence-corrected chi connectivity index (χ3v) is 5.86. The van der Waals surface area contributed by atoms with Gasteiger partial charge in [-0.15, -0.1) is 0 Å². The number of methoxy groups -OCH3 is 1. The molecule has 0 saturated carbocycles. The van der Waals surface area contributed by atoms with Gasteiger partial charge in [-0.2, -0.15) is 0 Å². The Hall–Kier alpha value is -3.36. The lowest BCUT2D eigenvalue weighted by Crippen LogP contribution is -2.17. The molecule has 0 spiro atoms. The fraction of sp³-hybridized carbons (Fsp3) is 0.296. The summed E-state index contributed by atoms with van der Waals surface area (Å²) in [5.74, 6) is 0.734. The molecule has 8 heteroatoms. The van der Waals surface area contributed by atoms with Crippen LogP contribution in [0.3, 0.4) is 0 Å². The molecule has 7 nitrogen and oxygen atoms in total. The van der Waals surface area contributed by atoms with Crippen LogP contribution in [0.25, 0.3) is 23.3 Å². The Morgan fingerprint density at radius 1 is 1.03 bits per heavy atom. The van der Waals surface area contributed by atoms with Crippen LogP contribution < -0.4 is 15.0 Å². The Balaban J connectivity index is 2.10. The third kappa shape index (κ3) is 7.31. The number of H-pyrrole nitrogens is 1. The molecule has 0 aliphatic carbocycles. The molecular weight excluding hydrogens is 464 g/mol. The van der Waals surface area contributed by atoms with E-state index in [1.165, 1.54) is 0 Å². The number of hydrogen-bond acceptors (Lipinski definition) is 5. The first-order valence-electron chi connectivity index (χ1n) is 11.2. The summed E-state index contributed by atoms with van der Waals surface area (Å²) in [6, 6.07) is 14.6. The molecule has 35 heavy (non-hydrogen) atoms. The lowest BCUT2D eigenvalue weighted by Gasteiger charge is -2.25. The van der Waals surface area contributed by atoms with E-state index >= 15 is 0 Å². The van der Waals surface area contributed by atoms with Crippen molar-refractivity contribution in [3.63, 3.8) is 0 Å². The van der Waals surface area contributed by atoms with E-state index < -0.39 is 10.0 Å². The first-order valence-corrected chi connectivity index (χ1v) is 13.1. The molecule has 1 heterocycles. The van der Waals surface area contributed by atoms with Crippen LogP contribution in [0, 0.1) is 0 Å². The van der Waals surface area contributed by atoms with Gasteiger partial charge in [-0.25, -0.2) is 8.42 Å². The van der Waals surface area contributed by atoms with Crippen molar-refractivity contribution in [2.45, 2.75) is 26.2 Å². The maximum absolute atomic E-state index is 12.5. The number of benzene rings is 2. The molecule has 0 amide bonds. The van der Waals surface area contributed by atoms with E-state index in [1.807, 2.05) is 36.4 Å². The minimum atomic E-state index is -3.34. The lowest BCUT2D eigenvalue weighted by atomic mass is 9.83. The molecular formula is C27H32N2O5S. The quantitative estimate of drug-likeness (QED) is 0.324. The normalized spacial score (nSPS) is 12.1. The summed E-state index contributed by atoms with van der Waals surface area (Å²) < 4.78 is 36.7. The Kier molecular flexibility index (Phi) is 8.19. The maximum atomic E-state index is 12.5. The number of anilines is 1. The fourth-order valence-electron chi connectivity index (χ4n) is 3.59. The van der Waals surface area contributed by atoms with Crippen molar-refractivity contribution in [1.29, 1.82) is 0 Å². The second kappa shape index (κ2) is 10.9. The molecule has 0 radical (unpaired) electrons. The maximum Gasteiger partial charge on any atom is 0.255 e. The summed E-state index contributed by atoms with van der Waals surface area (Å²) in [6.45, 7) is 7.14. The summed E-state index contributed by atoms with van der Waals surface area (Å²) in [5, 5.41) is 0. The van der Waals surface area contributed by atoms with E-state index in [0.29, 0.717) is 24.5 Å². The zero-order chi connectivity index (χ0) is 25.6. The molecule has 0 aliphatic rings. The molecule has 0 aliphatic heterocycles. The van der Waals surface area contributed by atoms with Crippen LogP contribution in [0.4, 0.5) is 5.69 Å². The monoisotopic (exact) mass is 496 g/mol. The largest absolute Gasteiger partial charge is 0.490 e. The topological polar surface area (TPSA) is 97.5 Å². The molecule has 0 atom stereocenters. The van der Waals surface area contributed by atoms with Crippen LogP contribution in [0.2, 0.25) is 0 Å². The summed E-state index contributed by atoms with van der Waals surface area (Å²) in [6.07, 6.45) is 6.59. The van der Waals surface area contributed by atoms with Crippen LogP contribution in [0.1, 0.15) is 37.5 Å². The van der Waals surface area contributed by atoms with Gasteiger partial charge in [0.15, 0.2) is 0 Å². The van der Waals surface area contributed by atoms with Gasteiger partial charge in [-0.05, 0) is 52.9 Å². The highest BCUT2D eigenvalue weighted by atomic mass is 32.2. The van der Waals surface area contributed by atoms with E-state index in [0.717, 1.165) is 34.3 Å². The van der Waals surface area contributed by atoms with Crippen molar-refractivity contribution in [3.8, 4) is 16.9 Å². The zero-order valence-corrected chi connectivity index (χ0v) is 21.5. The van der Waals surface area contributed by atoms with Crippen molar-refractivity contribution >= 4 is 27.9 Å². The standard InChI is InChI=1S/C27H32N2O5S/c1-27(2,3)24-18-21(23-7-6-14-28-26(23)30)17-20(25(24)34-16-15-33-4)11-8-19-9-12-22(13-10-19)29-35(5,31)32/h6-14,17-18,29H,15-16H2,1-5H3,(H,28,30)/b11-8+. The Morgan fingerprint density at radius 3 is 2.34 bits per heavy atom. The zero-order valence-electron chi connectivity index (χ0n) is 20.7. The van der Waals surface area contributed by atoms with E-state index in [9.17, 15) is 13.2 Å². The number of sulfonamides is 1. The summed E-state index contributed by atoms with van der Waals surface area (Å²) in [4.78, 5) is 15.3. The Morgan fingerprint density at radius 2 is 1.74 bits per heavy atom. The number of pyridine rings is 1. The fourth-order valence-corrected chi connectivity index (χ4v) is 4.15. The third-order valence-electron chi connectivity index (χ3n) is 5.26. The Bertz CT molecular complexity index is 1350. The summed E-state index contributed by atoms with van der Waals surface area (Å²) >= 11 is 0. The van der Waals surface area contributed by atoms with Crippen LogP contribution in [0.15, 0.2) is 59.5 Å². The van der Waals surface area contributed by atoms with Crippen molar-refractivity contribution in [1.82, 2.24) is 4.98 Å². The predicted octanol–water partition coefficient (Wildman–Crippen LogP) is 4.91. The van der Waals surface area contributed by atoms with E-state index in [2.05, 4.69) is 30.5 Å². The van der Waals surface area contributed by atoms with Crippen LogP contribution >= 0.6 is 0 Å². The molecule has 1 aromatic heterocycles. The number of aromatic amines is 1. The molecule has 0 fully saturated rings. The van der Waals surface area contributed by atoms with E-state index in [-0.39, 0.29) is 11.0 Å². The molecule has 2 N–H and O–H groups in total. The van der Waals surface area contributed by atoms with Gasteiger partial charge in [0.2, 0.25) is 10.0 Å². The number of aromatic nitrogens is 1. The van der Waals surface area contributed by atoms with Crippen LogP contribution in [-0.2, 0) is 20.2 Å². The lowest BCUT2D eigenvalue weighted by molar-refractivity contribution is 0.145. The highest BCUT2D eigenvalue weighted by molar-refractivity contribution is 7.92. The molecule has 2 aromatic carbocycles. The molecule has 3 rings (SSSR count). The van der Waals surface area contributed by atoms with Crippen LogP contribution in [0.5, 0.6) is 5.75 Å². The number of hydrogen-bond donors (Lipinski definition) is 2. The van der Waals surface area contributed by atoms with Gasteiger partial charge in [-0.1, -0.05) is 45.1 Å². The van der Waals surface area contributed by atoms with Gasteiger partial charge in [0.25, 0.3) is 5.56 Å². The van der Waals surface area contributed by atoms with E-state index in [1.54, 1.807) is 37.6 Å². The molecule has 0 bridgehead atoms. The highest BCUT2D eigenvalue weighted by Gasteiger charge is 2.23. The molecule has 186 valence electrons. The SMILES string of the molecule is COCCOc1c(/C=C/c2ccc(NS(C)(=O)=O)cc2)cc(-c2ccc[nH]c2=O)cc1C(C)(C)C. The first-order chi connectivity index (χ1) is 16.5. The number of rotatable bonds is 9. The van der Waals surface area contributed by atoms with Crippen molar-refractivity contribution in [2.24, 2.45) is 0 Å². The van der Waals surface area contributed by atoms with Gasteiger partial charge in [0, 0.05) is 35.7 Å². The highest BCUT2D eigenvalue weighted by Crippen LogP contribution is 2.38. The van der Waals surface area contributed by atoms with E-state index in [4.69, 9.17) is 9.47 Å². The number of nitrogens with one attached hydrogen (secondary N) is 2. The predicted molar refractivity (Wildman–Crippen MR) is 142 cm³/mol.